The Morgan fingerprint density at radius 3 is 2.76 bits per heavy atom. The normalized spacial score (nSPS) is 12.6. The first-order valence-electron chi connectivity index (χ1n) is 7.87. The first kappa shape index (κ1) is 16.1. The summed E-state index contributed by atoms with van der Waals surface area (Å²) in [7, 11) is 0. The van der Waals surface area contributed by atoms with Crippen molar-refractivity contribution in [1.29, 1.82) is 5.26 Å². The summed E-state index contributed by atoms with van der Waals surface area (Å²) in [5.74, 6) is 0.530. The summed E-state index contributed by atoms with van der Waals surface area (Å²) in [5.41, 5.74) is 2.60. The molecular weight excluding hydrogens is 400 g/mol. The maximum atomic E-state index is 12.5. The van der Waals surface area contributed by atoms with Crippen molar-refractivity contribution in [3.63, 3.8) is 0 Å². The number of anilines is 1. The number of hydrogen-bond donors (Lipinski definition) is 1. The molecule has 4 nitrogen and oxygen atoms in total. The van der Waals surface area contributed by atoms with E-state index in [-0.39, 0.29) is 11.7 Å². The van der Waals surface area contributed by atoms with E-state index in [0.717, 1.165) is 34.9 Å². The van der Waals surface area contributed by atoms with Crippen molar-refractivity contribution in [3.05, 3.63) is 62.6 Å². The summed E-state index contributed by atoms with van der Waals surface area (Å²) < 4.78 is 6.67. The molecule has 0 fully saturated rings. The number of hydrogen-bond acceptors (Lipinski definition) is 4. The van der Waals surface area contributed by atoms with Crippen LogP contribution in [-0.4, -0.2) is 5.91 Å². The van der Waals surface area contributed by atoms with Gasteiger partial charge in [0.05, 0.1) is 5.56 Å². The number of nitrogens with zero attached hydrogens (tertiary/aromatic N) is 1. The molecule has 1 aliphatic rings. The largest absolute Gasteiger partial charge is 0.451 e. The second-order valence-electron chi connectivity index (χ2n) is 5.80. The molecule has 1 aliphatic carbocycles. The van der Waals surface area contributed by atoms with Crippen molar-refractivity contribution < 1.29 is 9.21 Å². The van der Waals surface area contributed by atoms with E-state index in [1.165, 1.54) is 16.2 Å². The fourth-order valence-electron chi connectivity index (χ4n) is 3.00. The number of fused-ring (bicyclic) bond motifs is 1. The lowest BCUT2D eigenvalue weighted by Crippen LogP contribution is -2.10. The van der Waals surface area contributed by atoms with Crippen molar-refractivity contribution in [2.24, 2.45) is 0 Å². The quantitative estimate of drug-likeness (QED) is 0.627. The predicted octanol–water partition coefficient (Wildman–Crippen LogP) is 5.38. The molecule has 0 atom stereocenters. The number of halogens is 1. The monoisotopic (exact) mass is 412 g/mol. The van der Waals surface area contributed by atoms with Gasteiger partial charge < -0.3 is 9.73 Å². The highest BCUT2D eigenvalue weighted by molar-refractivity contribution is 9.10. The number of carbonyl (C=O) groups excluding carboxylic acids is 1. The third kappa shape index (κ3) is 3.01. The molecule has 2 heterocycles. The Hall–Kier alpha value is -2.36. The van der Waals surface area contributed by atoms with Crippen LogP contribution in [0.15, 0.2) is 45.3 Å². The summed E-state index contributed by atoms with van der Waals surface area (Å²) in [6, 6.07) is 13.3. The van der Waals surface area contributed by atoms with Gasteiger partial charge in [-0.2, -0.15) is 5.26 Å². The average Bonchev–Trinajstić information content (AvgIpc) is 3.30. The predicted molar refractivity (Wildman–Crippen MR) is 101 cm³/mol. The van der Waals surface area contributed by atoms with E-state index in [2.05, 4.69) is 27.3 Å². The van der Waals surface area contributed by atoms with Gasteiger partial charge in [0.15, 0.2) is 5.76 Å². The fraction of sp³-hybridized carbons (Fsp3) is 0.158. The van der Waals surface area contributed by atoms with Crippen LogP contribution in [0.25, 0.3) is 11.3 Å². The van der Waals surface area contributed by atoms with Crippen LogP contribution >= 0.6 is 27.3 Å². The standard InChI is InChI=1S/C19H13BrN2O2S/c20-12-6-4-11(5-7-12)15-8-9-16(24-15)18(23)22-19-14(10-21)13-2-1-3-17(13)25-19/h4-9H,1-3H2,(H,22,23). The van der Waals surface area contributed by atoms with E-state index in [4.69, 9.17) is 4.42 Å². The van der Waals surface area contributed by atoms with E-state index >= 15 is 0 Å². The van der Waals surface area contributed by atoms with Crippen LogP contribution in [0.2, 0.25) is 0 Å². The highest BCUT2D eigenvalue weighted by Gasteiger charge is 2.24. The van der Waals surface area contributed by atoms with E-state index in [1.807, 2.05) is 24.3 Å². The summed E-state index contributed by atoms with van der Waals surface area (Å²) in [5, 5.41) is 12.9. The Balaban J connectivity index is 1.57. The summed E-state index contributed by atoms with van der Waals surface area (Å²) in [4.78, 5) is 13.7. The molecule has 0 unspecified atom stereocenters. The first-order chi connectivity index (χ1) is 12.2. The number of amides is 1. The van der Waals surface area contributed by atoms with Crippen molar-refractivity contribution in [2.45, 2.75) is 19.3 Å². The molecule has 1 amide bonds. The van der Waals surface area contributed by atoms with Gasteiger partial charge in [0, 0.05) is 14.9 Å². The molecule has 3 aromatic rings. The van der Waals surface area contributed by atoms with Crippen molar-refractivity contribution in [2.75, 3.05) is 5.32 Å². The number of carbonyl (C=O) groups is 1. The zero-order valence-electron chi connectivity index (χ0n) is 13.1. The molecule has 0 saturated carbocycles. The van der Waals surface area contributed by atoms with Crippen LogP contribution in [0.3, 0.4) is 0 Å². The van der Waals surface area contributed by atoms with Gasteiger partial charge in [0.1, 0.15) is 16.8 Å². The molecule has 0 radical (unpaired) electrons. The van der Waals surface area contributed by atoms with Gasteiger partial charge in [-0.25, -0.2) is 0 Å². The average molecular weight is 413 g/mol. The van der Waals surface area contributed by atoms with Gasteiger partial charge in [0.2, 0.25) is 0 Å². The van der Waals surface area contributed by atoms with E-state index < -0.39 is 0 Å². The molecule has 1 N–H and O–H groups in total. The lowest BCUT2D eigenvalue weighted by Gasteiger charge is -2.02. The third-order valence-electron chi connectivity index (χ3n) is 4.22. The summed E-state index contributed by atoms with van der Waals surface area (Å²) in [6.45, 7) is 0. The summed E-state index contributed by atoms with van der Waals surface area (Å²) >= 11 is 4.90. The van der Waals surface area contributed by atoms with E-state index in [9.17, 15) is 10.1 Å². The lowest BCUT2D eigenvalue weighted by molar-refractivity contribution is 0.0998. The smallest absolute Gasteiger partial charge is 0.292 e. The number of rotatable bonds is 3. The third-order valence-corrected chi connectivity index (χ3v) is 5.95. The number of nitriles is 1. The molecule has 124 valence electrons. The Morgan fingerprint density at radius 2 is 2.00 bits per heavy atom. The molecule has 0 bridgehead atoms. The van der Waals surface area contributed by atoms with Crippen molar-refractivity contribution >= 4 is 38.2 Å². The maximum absolute atomic E-state index is 12.5. The minimum Gasteiger partial charge on any atom is -0.451 e. The van der Waals surface area contributed by atoms with Gasteiger partial charge in [-0.15, -0.1) is 11.3 Å². The fourth-order valence-corrected chi connectivity index (χ4v) is 4.50. The number of aryl methyl sites for hydroxylation is 1. The highest BCUT2D eigenvalue weighted by atomic mass is 79.9. The number of furan rings is 1. The van der Waals surface area contributed by atoms with E-state index in [0.29, 0.717) is 16.3 Å². The topological polar surface area (TPSA) is 66.0 Å². The molecule has 25 heavy (non-hydrogen) atoms. The van der Waals surface area contributed by atoms with Gasteiger partial charge in [-0.1, -0.05) is 28.1 Å². The zero-order valence-corrected chi connectivity index (χ0v) is 15.5. The lowest BCUT2D eigenvalue weighted by atomic mass is 10.1. The SMILES string of the molecule is N#Cc1c(NC(=O)c2ccc(-c3ccc(Br)cc3)o2)sc2c1CCC2. The summed E-state index contributed by atoms with van der Waals surface area (Å²) in [6.07, 6.45) is 2.98. The van der Waals surface area contributed by atoms with Crippen LogP contribution in [0, 0.1) is 11.3 Å². The van der Waals surface area contributed by atoms with Crippen LogP contribution < -0.4 is 5.32 Å². The van der Waals surface area contributed by atoms with Crippen LogP contribution in [0.4, 0.5) is 5.00 Å². The molecule has 0 saturated heterocycles. The molecule has 0 spiro atoms. The van der Waals surface area contributed by atoms with Crippen LogP contribution in [0.5, 0.6) is 0 Å². The van der Waals surface area contributed by atoms with Gasteiger partial charge in [-0.05, 0) is 49.1 Å². The van der Waals surface area contributed by atoms with Crippen LogP contribution in [-0.2, 0) is 12.8 Å². The van der Waals surface area contributed by atoms with Crippen molar-refractivity contribution in [1.82, 2.24) is 0 Å². The Labute approximate surface area is 157 Å². The Morgan fingerprint density at radius 1 is 1.20 bits per heavy atom. The minimum absolute atomic E-state index is 0.232. The molecule has 0 aliphatic heterocycles. The van der Waals surface area contributed by atoms with Gasteiger partial charge >= 0.3 is 0 Å². The highest BCUT2D eigenvalue weighted by Crippen LogP contribution is 2.38. The number of thiophene rings is 1. The van der Waals surface area contributed by atoms with Gasteiger partial charge in [-0.3, -0.25) is 4.79 Å². The van der Waals surface area contributed by atoms with Crippen LogP contribution in [0.1, 0.15) is 33.0 Å². The van der Waals surface area contributed by atoms with Crippen molar-refractivity contribution in [3.8, 4) is 17.4 Å². The molecule has 6 heteroatoms. The molecule has 4 rings (SSSR count). The first-order valence-corrected chi connectivity index (χ1v) is 9.48. The number of nitrogens with one attached hydrogen (secondary N) is 1. The van der Waals surface area contributed by atoms with Gasteiger partial charge in [0.25, 0.3) is 5.91 Å². The molecular formula is C19H13BrN2O2S. The zero-order chi connectivity index (χ0) is 17.4. The maximum Gasteiger partial charge on any atom is 0.292 e. The second-order valence-corrected chi connectivity index (χ2v) is 7.82. The Kier molecular flexibility index (Phi) is 4.20. The number of benzene rings is 1. The molecule has 2 aromatic heterocycles. The molecule has 1 aromatic carbocycles. The second kappa shape index (κ2) is 6.51. The Bertz CT molecular complexity index is 996. The minimum atomic E-state index is -0.334. The van der Waals surface area contributed by atoms with E-state index in [1.54, 1.807) is 12.1 Å².